The van der Waals surface area contributed by atoms with Crippen LogP contribution in [0.25, 0.3) is 10.9 Å². The maximum atomic E-state index is 13.1. The summed E-state index contributed by atoms with van der Waals surface area (Å²) in [5.74, 6) is -0.0686. The van der Waals surface area contributed by atoms with E-state index >= 15 is 0 Å². The summed E-state index contributed by atoms with van der Waals surface area (Å²) >= 11 is 4.76. The fourth-order valence-electron chi connectivity index (χ4n) is 4.13. The van der Waals surface area contributed by atoms with Gasteiger partial charge in [-0.1, -0.05) is 30.4 Å². The lowest BCUT2D eigenvalue weighted by molar-refractivity contribution is -0.120. The molecule has 27 heavy (non-hydrogen) atoms. The number of amides is 3. The molecule has 1 fully saturated rings. The van der Waals surface area contributed by atoms with E-state index in [1.165, 1.54) is 17.7 Å². The Balaban J connectivity index is 1.70. The number of Topliss-reactive ketones (excluding diaryl/α,β-unsaturated/α-hetero) is 1. The van der Waals surface area contributed by atoms with E-state index in [0.717, 1.165) is 6.42 Å². The third kappa shape index (κ3) is 2.71. The summed E-state index contributed by atoms with van der Waals surface area (Å²) in [6.07, 6.45) is 6.66. The van der Waals surface area contributed by atoms with Crippen LogP contribution in [0.3, 0.4) is 0 Å². The number of hydrogen-bond donors (Lipinski definition) is 3. The Morgan fingerprint density at radius 3 is 2.74 bits per heavy atom. The second kappa shape index (κ2) is 6.16. The average Bonchev–Trinajstić information content (AvgIpc) is 3.24. The number of ketones is 1. The first-order valence-electron chi connectivity index (χ1n) is 8.70. The first-order chi connectivity index (χ1) is 12.8. The number of carbonyl (C=O) groups is 3. The highest BCUT2D eigenvalue weighted by Crippen LogP contribution is 2.46. The number of carbonyl (C=O) groups excluding carboxylic acids is 3. The molecule has 1 saturated heterocycles. The zero-order chi connectivity index (χ0) is 19.3. The number of benzene rings is 1. The smallest absolute Gasteiger partial charge is 0.323 e. The number of fused-ring (bicyclic) bond motifs is 2. The third-order valence-electron chi connectivity index (χ3n) is 5.42. The zero-order valence-electron chi connectivity index (χ0n) is 14.8. The number of anilines is 1. The number of likely N-dealkylation sites (tertiary alicyclic amines) is 1. The zero-order valence-corrected chi connectivity index (χ0v) is 15.6. The number of urea groups is 1. The number of nitrogens with zero attached hydrogens (tertiary/aromatic N) is 2. The number of primary amides is 1. The summed E-state index contributed by atoms with van der Waals surface area (Å²) in [5.41, 5.74) is 6.51. The minimum absolute atomic E-state index is 0.0686. The molecule has 4 rings (SSSR count). The van der Waals surface area contributed by atoms with Crippen LogP contribution in [0.1, 0.15) is 19.8 Å². The molecule has 8 heteroatoms. The maximum Gasteiger partial charge on any atom is 0.323 e. The minimum Gasteiger partial charge on any atom is -0.351 e. The lowest BCUT2D eigenvalue weighted by atomic mass is 9.98. The molecule has 1 aromatic heterocycles. The molecule has 0 unspecified atom stereocenters. The van der Waals surface area contributed by atoms with Gasteiger partial charge in [0.1, 0.15) is 0 Å². The van der Waals surface area contributed by atoms with Gasteiger partial charge < -0.3 is 16.0 Å². The standard InChI is InChI=1S/C19H20N4O3S/c1-11(24)15-9-19(27)8-4-7-16(19)23(15)18(26)21-13-10-22(17(20)25)14-6-3-2-5-12(13)14/h2-7,10,15-16,27H,8-9H2,1H3,(H2,20,25)(H,21,26)/t15-,16+,19-/m0/s1. The normalized spacial score (nSPS) is 26.4. The second-order valence-corrected chi connectivity index (χ2v) is 8.01. The molecule has 1 aromatic carbocycles. The van der Waals surface area contributed by atoms with Gasteiger partial charge in [-0.2, -0.15) is 12.6 Å². The van der Waals surface area contributed by atoms with Crippen LogP contribution >= 0.6 is 12.6 Å². The fraction of sp³-hybridized carbons (Fsp3) is 0.316. The summed E-state index contributed by atoms with van der Waals surface area (Å²) in [6.45, 7) is 1.49. The SMILES string of the molecule is CC(=O)[C@@H]1C[C@@]2(S)CC=C[C@H]2N1C(=O)Nc1cn(C(N)=O)c2ccccc12. The predicted molar refractivity (Wildman–Crippen MR) is 106 cm³/mol. The lowest BCUT2D eigenvalue weighted by Crippen LogP contribution is -2.47. The summed E-state index contributed by atoms with van der Waals surface area (Å²) in [6, 6.07) is 5.35. The Kier molecular flexibility index (Phi) is 4.03. The van der Waals surface area contributed by atoms with E-state index < -0.39 is 22.9 Å². The fourth-order valence-corrected chi connectivity index (χ4v) is 4.62. The van der Waals surface area contributed by atoms with Crippen molar-refractivity contribution in [3.63, 3.8) is 0 Å². The van der Waals surface area contributed by atoms with Gasteiger partial charge in [0.15, 0.2) is 5.78 Å². The molecule has 140 valence electrons. The number of aromatic nitrogens is 1. The van der Waals surface area contributed by atoms with Crippen LogP contribution in [0, 0.1) is 0 Å². The van der Waals surface area contributed by atoms with Gasteiger partial charge in [-0.3, -0.25) is 9.36 Å². The highest BCUT2D eigenvalue weighted by molar-refractivity contribution is 7.82. The molecule has 0 radical (unpaired) electrons. The highest BCUT2D eigenvalue weighted by atomic mass is 32.1. The van der Waals surface area contributed by atoms with E-state index in [2.05, 4.69) is 5.32 Å². The highest BCUT2D eigenvalue weighted by Gasteiger charge is 2.53. The van der Waals surface area contributed by atoms with Gasteiger partial charge >= 0.3 is 12.1 Å². The summed E-state index contributed by atoms with van der Waals surface area (Å²) < 4.78 is 0.866. The molecule has 2 heterocycles. The molecular weight excluding hydrogens is 364 g/mol. The van der Waals surface area contributed by atoms with Crippen molar-refractivity contribution in [2.45, 2.75) is 36.6 Å². The number of nitrogens with two attached hydrogens (primary N) is 1. The molecule has 3 amide bonds. The van der Waals surface area contributed by atoms with Crippen molar-refractivity contribution in [2.24, 2.45) is 5.73 Å². The van der Waals surface area contributed by atoms with E-state index in [-0.39, 0.29) is 11.8 Å². The number of nitrogens with one attached hydrogen (secondary N) is 1. The first-order valence-corrected chi connectivity index (χ1v) is 9.15. The van der Waals surface area contributed by atoms with Gasteiger partial charge in [-0.05, 0) is 25.8 Å². The molecule has 0 saturated carbocycles. The topological polar surface area (TPSA) is 97.4 Å². The van der Waals surface area contributed by atoms with Crippen molar-refractivity contribution < 1.29 is 14.4 Å². The van der Waals surface area contributed by atoms with Crippen molar-refractivity contribution in [1.82, 2.24) is 9.47 Å². The maximum absolute atomic E-state index is 13.1. The number of hydrogen-bond acceptors (Lipinski definition) is 4. The Morgan fingerprint density at radius 2 is 2.04 bits per heavy atom. The Labute approximate surface area is 161 Å². The Hall–Kier alpha value is -2.74. The van der Waals surface area contributed by atoms with Crippen LogP contribution in [0.2, 0.25) is 0 Å². The molecule has 2 aliphatic rings. The van der Waals surface area contributed by atoms with Crippen molar-refractivity contribution in [3.8, 4) is 0 Å². The van der Waals surface area contributed by atoms with Crippen molar-refractivity contribution in [3.05, 3.63) is 42.6 Å². The third-order valence-corrected chi connectivity index (χ3v) is 6.05. The molecule has 3 atom stereocenters. The van der Waals surface area contributed by atoms with E-state index in [0.29, 0.717) is 23.0 Å². The number of rotatable bonds is 2. The molecule has 7 nitrogen and oxygen atoms in total. The number of para-hydroxylation sites is 1. The Morgan fingerprint density at radius 1 is 1.30 bits per heavy atom. The van der Waals surface area contributed by atoms with Crippen LogP contribution in [0.15, 0.2) is 42.6 Å². The van der Waals surface area contributed by atoms with Gasteiger partial charge in [-0.25, -0.2) is 9.59 Å². The average molecular weight is 384 g/mol. The van der Waals surface area contributed by atoms with E-state index in [9.17, 15) is 14.4 Å². The van der Waals surface area contributed by atoms with E-state index in [4.69, 9.17) is 18.4 Å². The van der Waals surface area contributed by atoms with Gasteiger partial charge in [-0.15, -0.1) is 0 Å². The summed E-state index contributed by atoms with van der Waals surface area (Å²) in [7, 11) is 0. The number of thiol groups is 1. The molecular formula is C19H20N4O3S. The van der Waals surface area contributed by atoms with E-state index in [1.54, 1.807) is 23.1 Å². The van der Waals surface area contributed by atoms with Gasteiger partial charge in [0.2, 0.25) is 0 Å². The van der Waals surface area contributed by atoms with E-state index in [1.807, 2.05) is 18.2 Å². The van der Waals surface area contributed by atoms with Crippen molar-refractivity contribution in [2.75, 3.05) is 5.32 Å². The molecule has 0 spiro atoms. The van der Waals surface area contributed by atoms with Gasteiger partial charge in [0.05, 0.1) is 23.3 Å². The molecule has 2 aromatic rings. The van der Waals surface area contributed by atoms with Crippen LogP contribution in [0.4, 0.5) is 15.3 Å². The lowest BCUT2D eigenvalue weighted by Gasteiger charge is -2.29. The largest absolute Gasteiger partial charge is 0.351 e. The molecule has 1 aliphatic carbocycles. The van der Waals surface area contributed by atoms with Crippen LogP contribution in [-0.4, -0.2) is 44.1 Å². The van der Waals surface area contributed by atoms with Crippen LogP contribution in [-0.2, 0) is 4.79 Å². The summed E-state index contributed by atoms with van der Waals surface area (Å²) in [5, 5.41) is 3.55. The predicted octanol–water partition coefficient (Wildman–Crippen LogP) is 2.76. The monoisotopic (exact) mass is 384 g/mol. The summed E-state index contributed by atoms with van der Waals surface area (Å²) in [4.78, 5) is 38.5. The minimum atomic E-state index is -0.636. The number of allylic oxidation sites excluding steroid dienone is 1. The van der Waals surface area contributed by atoms with Crippen LogP contribution in [0.5, 0.6) is 0 Å². The molecule has 0 bridgehead atoms. The Bertz CT molecular complexity index is 998. The van der Waals surface area contributed by atoms with Gasteiger partial charge in [0.25, 0.3) is 0 Å². The van der Waals surface area contributed by atoms with Crippen LogP contribution < -0.4 is 11.1 Å². The molecule has 1 aliphatic heterocycles. The quantitative estimate of drug-likeness (QED) is 0.549. The van der Waals surface area contributed by atoms with Crippen molar-refractivity contribution >= 4 is 47.1 Å². The molecule has 3 N–H and O–H groups in total. The van der Waals surface area contributed by atoms with Gasteiger partial charge in [0, 0.05) is 16.3 Å². The second-order valence-electron chi connectivity index (χ2n) is 7.12. The first kappa shape index (κ1) is 17.7. The van der Waals surface area contributed by atoms with Crippen molar-refractivity contribution in [1.29, 1.82) is 0 Å².